The Morgan fingerprint density at radius 2 is 1.23 bits per heavy atom. The Bertz CT molecular complexity index is 216. The Kier molecular flexibility index (Phi) is 5.87. The number of rotatable bonds is 0. The lowest BCUT2D eigenvalue weighted by Crippen LogP contribution is -1.69. The first-order chi connectivity index (χ1) is 6.50. The van der Waals surface area contributed by atoms with Crippen LogP contribution in [0.1, 0.15) is 25.7 Å². The quantitative estimate of drug-likeness (QED) is 0.486. The summed E-state index contributed by atoms with van der Waals surface area (Å²) in [4.78, 5) is 0. The van der Waals surface area contributed by atoms with Gasteiger partial charge in [-0.2, -0.15) is 0 Å². The Morgan fingerprint density at radius 3 is 2.08 bits per heavy atom. The summed E-state index contributed by atoms with van der Waals surface area (Å²) in [6.07, 6.45) is 24.0. The minimum absolute atomic E-state index is 1.04. The maximum atomic E-state index is 2.22. The monoisotopic (exact) mass is 173 g/mol. The van der Waals surface area contributed by atoms with E-state index in [1.807, 2.05) is 0 Å². The van der Waals surface area contributed by atoms with Crippen molar-refractivity contribution in [3.63, 3.8) is 0 Å². The first-order valence-electron chi connectivity index (χ1n) is 4.95. The molecule has 0 fully saturated rings. The fourth-order valence-corrected chi connectivity index (χ4v) is 1.14. The molecule has 0 bridgehead atoms. The van der Waals surface area contributed by atoms with E-state index in [2.05, 4.69) is 55.0 Å². The molecule has 0 N–H and O–H groups in total. The number of allylic oxidation sites excluding steroid dienone is 8. The van der Waals surface area contributed by atoms with E-state index in [0.29, 0.717) is 0 Å². The second kappa shape index (κ2) is 7.60. The van der Waals surface area contributed by atoms with Gasteiger partial charge in [0.25, 0.3) is 0 Å². The molecule has 0 spiro atoms. The highest BCUT2D eigenvalue weighted by Gasteiger charge is 1.81. The van der Waals surface area contributed by atoms with Crippen LogP contribution in [0.4, 0.5) is 0 Å². The molecule has 1 rings (SSSR count). The Balaban J connectivity index is 2.38. The summed E-state index contributed by atoms with van der Waals surface area (Å²) in [5, 5.41) is 0. The summed E-state index contributed by atoms with van der Waals surface area (Å²) in [6, 6.07) is 0. The highest BCUT2D eigenvalue weighted by Crippen LogP contribution is 2.00. The topological polar surface area (TPSA) is 0 Å². The second-order valence-electron chi connectivity index (χ2n) is 3.04. The van der Waals surface area contributed by atoms with Crippen molar-refractivity contribution in [3.8, 4) is 0 Å². The van der Waals surface area contributed by atoms with Crippen molar-refractivity contribution in [1.82, 2.24) is 0 Å². The van der Waals surface area contributed by atoms with Gasteiger partial charge in [0, 0.05) is 0 Å². The Hall–Kier alpha value is -1.04. The predicted octanol–water partition coefficient (Wildman–Crippen LogP) is 3.99. The van der Waals surface area contributed by atoms with Crippen LogP contribution in [0.3, 0.4) is 0 Å². The molecule has 0 aliphatic heterocycles. The average Bonchev–Trinajstić information content (AvgIpc) is 2.18. The van der Waals surface area contributed by atoms with Gasteiger partial charge in [-0.3, -0.25) is 0 Å². The van der Waals surface area contributed by atoms with Gasteiger partial charge in [-0.15, -0.1) is 0 Å². The maximum Gasteiger partial charge on any atom is -0.0166 e. The molecule has 0 aromatic carbocycles. The van der Waals surface area contributed by atoms with Gasteiger partial charge in [0.1, 0.15) is 0 Å². The third-order valence-electron chi connectivity index (χ3n) is 1.87. The normalized spacial score (nSPS) is 28.9. The van der Waals surface area contributed by atoms with E-state index in [1.54, 1.807) is 0 Å². The molecular weight excluding hydrogens is 156 g/mol. The van der Waals surface area contributed by atoms with Crippen molar-refractivity contribution >= 4 is 0 Å². The summed E-state index contributed by atoms with van der Waals surface area (Å²) < 4.78 is 0. The van der Waals surface area contributed by atoms with Crippen molar-refractivity contribution in [1.29, 1.82) is 0 Å². The average molecular weight is 173 g/mol. The Morgan fingerprint density at radius 1 is 0.538 bits per heavy atom. The van der Waals surface area contributed by atoms with Gasteiger partial charge < -0.3 is 0 Å². The molecular formula is C13H17. The van der Waals surface area contributed by atoms with Gasteiger partial charge in [-0.1, -0.05) is 48.6 Å². The van der Waals surface area contributed by atoms with Gasteiger partial charge >= 0.3 is 0 Å². The highest BCUT2D eigenvalue weighted by molar-refractivity contribution is 5.07. The van der Waals surface area contributed by atoms with Crippen LogP contribution in [0.2, 0.25) is 0 Å². The third kappa shape index (κ3) is 6.15. The molecule has 0 atom stereocenters. The van der Waals surface area contributed by atoms with Gasteiger partial charge in [-0.05, 0) is 32.1 Å². The fraction of sp³-hybridized carbons (Fsp3) is 0.308. The molecule has 69 valence electrons. The van der Waals surface area contributed by atoms with Crippen LogP contribution in [0, 0.1) is 6.42 Å². The van der Waals surface area contributed by atoms with Crippen LogP contribution >= 0.6 is 0 Å². The molecule has 13 heavy (non-hydrogen) atoms. The van der Waals surface area contributed by atoms with Crippen LogP contribution in [-0.2, 0) is 0 Å². The maximum absolute atomic E-state index is 2.22. The standard InChI is InChI=1S/C13H17/c1-2-4-6-8-10-12-13-11-9-7-5-3-1/h1-4,7,9-10,12-13H,5-6,8,11H2/b3-1+,4-2-,9-7+,13-12+. The largest absolute Gasteiger partial charge is 0.0845 e. The lowest BCUT2D eigenvalue weighted by Gasteiger charge is -1.88. The molecule has 0 aromatic rings. The van der Waals surface area contributed by atoms with E-state index >= 15 is 0 Å². The SMILES string of the molecule is [CH]1/C=C/C/C=C/C/C=C/C=C\CC1. The Labute approximate surface area is 81.4 Å². The van der Waals surface area contributed by atoms with Crippen molar-refractivity contribution < 1.29 is 0 Å². The van der Waals surface area contributed by atoms with Gasteiger partial charge in [0.2, 0.25) is 0 Å². The number of hydrogen-bond acceptors (Lipinski definition) is 0. The molecule has 0 aromatic heterocycles. The fourth-order valence-electron chi connectivity index (χ4n) is 1.14. The van der Waals surface area contributed by atoms with Crippen molar-refractivity contribution in [2.75, 3.05) is 0 Å². The summed E-state index contributed by atoms with van der Waals surface area (Å²) in [5.41, 5.74) is 0. The molecule has 0 amide bonds. The molecule has 0 heterocycles. The van der Waals surface area contributed by atoms with Crippen molar-refractivity contribution in [3.05, 3.63) is 55.0 Å². The molecule has 0 saturated carbocycles. The van der Waals surface area contributed by atoms with Gasteiger partial charge in [0.15, 0.2) is 0 Å². The molecule has 0 heteroatoms. The lowest BCUT2D eigenvalue weighted by atomic mass is 10.2. The molecule has 1 radical (unpaired) electrons. The second-order valence-corrected chi connectivity index (χ2v) is 3.04. The van der Waals surface area contributed by atoms with E-state index in [0.717, 1.165) is 25.7 Å². The van der Waals surface area contributed by atoms with Crippen molar-refractivity contribution in [2.45, 2.75) is 25.7 Å². The summed E-state index contributed by atoms with van der Waals surface area (Å²) in [6.45, 7) is 0. The van der Waals surface area contributed by atoms with Crippen LogP contribution in [-0.4, -0.2) is 0 Å². The first kappa shape index (κ1) is 10.0. The zero-order valence-electron chi connectivity index (χ0n) is 8.02. The smallest absolute Gasteiger partial charge is 0.0166 e. The zero-order valence-corrected chi connectivity index (χ0v) is 8.02. The first-order valence-corrected chi connectivity index (χ1v) is 4.95. The minimum atomic E-state index is 1.04. The summed E-state index contributed by atoms with van der Waals surface area (Å²) in [7, 11) is 0. The van der Waals surface area contributed by atoms with Gasteiger partial charge in [-0.25, -0.2) is 0 Å². The summed E-state index contributed by atoms with van der Waals surface area (Å²) in [5.74, 6) is 0. The van der Waals surface area contributed by atoms with Crippen LogP contribution in [0.25, 0.3) is 0 Å². The van der Waals surface area contributed by atoms with Crippen LogP contribution < -0.4 is 0 Å². The van der Waals surface area contributed by atoms with Crippen LogP contribution in [0.15, 0.2) is 48.6 Å². The van der Waals surface area contributed by atoms with E-state index in [9.17, 15) is 0 Å². The zero-order chi connectivity index (χ0) is 9.19. The van der Waals surface area contributed by atoms with Gasteiger partial charge in [0.05, 0.1) is 0 Å². The molecule has 0 nitrogen and oxygen atoms in total. The van der Waals surface area contributed by atoms with E-state index in [1.165, 1.54) is 0 Å². The third-order valence-corrected chi connectivity index (χ3v) is 1.87. The highest BCUT2D eigenvalue weighted by atomic mass is 13.9. The lowest BCUT2D eigenvalue weighted by molar-refractivity contribution is 1.00. The van der Waals surface area contributed by atoms with E-state index in [-0.39, 0.29) is 0 Å². The molecule has 0 saturated heterocycles. The molecule has 0 unspecified atom stereocenters. The number of hydrogen-bond donors (Lipinski definition) is 0. The predicted molar refractivity (Wildman–Crippen MR) is 59.3 cm³/mol. The van der Waals surface area contributed by atoms with E-state index in [4.69, 9.17) is 0 Å². The van der Waals surface area contributed by atoms with Crippen molar-refractivity contribution in [2.24, 2.45) is 0 Å². The minimum Gasteiger partial charge on any atom is -0.0845 e. The summed E-state index contributed by atoms with van der Waals surface area (Å²) >= 11 is 0. The van der Waals surface area contributed by atoms with Crippen LogP contribution in [0.5, 0.6) is 0 Å². The molecule has 1 aliphatic rings. The molecule has 1 aliphatic carbocycles. The van der Waals surface area contributed by atoms with E-state index < -0.39 is 0 Å².